The van der Waals surface area contributed by atoms with Gasteiger partial charge < -0.3 is 15.4 Å². The van der Waals surface area contributed by atoms with E-state index in [1.807, 2.05) is 12.1 Å². The standard InChI is InChI=1S/C11H16N2O/c1-13-7-5-9-3-2-4-10(11(9)13)14-8-6-12/h2-4H,5-8,12H2,1H3. The van der Waals surface area contributed by atoms with Gasteiger partial charge in [-0.05, 0) is 18.1 Å². The third-order valence-corrected chi connectivity index (χ3v) is 2.56. The van der Waals surface area contributed by atoms with E-state index in [0.717, 1.165) is 18.7 Å². The van der Waals surface area contributed by atoms with Gasteiger partial charge in [0.1, 0.15) is 12.4 Å². The molecule has 1 heterocycles. The minimum absolute atomic E-state index is 0.563. The number of nitrogens with two attached hydrogens (primary N) is 1. The molecule has 2 N–H and O–H groups in total. The van der Waals surface area contributed by atoms with Gasteiger partial charge >= 0.3 is 0 Å². The van der Waals surface area contributed by atoms with Crippen LogP contribution in [-0.4, -0.2) is 26.7 Å². The van der Waals surface area contributed by atoms with Gasteiger partial charge in [-0.3, -0.25) is 0 Å². The largest absolute Gasteiger partial charge is 0.490 e. The minimum Gasteiger partial charge on any atom is -0.490 e. The first-order valence-corrected chi connectivity index (χ1v) is 4.99. The average Bonchev–Trinajstić information content (AvgIpc) is 2.58. The summed E-state index contributed by atoms with van der Waals surface area (Å²) in [6, 6.07) is 6.22. The number of fused-ring (bicyclic) bond motifs is 1. The molecule has 0 amide bonds. The van der Waals surface area contributed by atoms with E-state index in [0.29, 0.717) is 13.2 Å². The lowest BCUT2D eigenvalue weighted by atomic mass is 10.1. The summed E-state index contributed by atoms with van der Waals surface area (Å²) in [5.74, 6) is 0.966. The van der Waals surface area contributed by atoms with Gasteiger partial charge in [0.2, 0.25) is 0 Å². The average molecular weight is 192 g/mol. The molecule has 76 valence electrons. The third kappa shape index (κ3) is 1.55. The topological polar surface area (TPSA) is 38.5 Å². The second kappa shape index (κ2) is 3.88. The summed E-state index contributed by atoms with van der Waals surface area (Å²) in [6.07, 6.45) is 1.12. The Morgan fingerprint density at radius 3 is 3.14 bits per heavy atom. The highest BCUT2D eigenvalue weighted by Gasteiger charge is 2.19. The Labute approximate surface area is 84.5 Å². The Bertz CT molecular complexity index is 325. The molecule has 0 bridgehead atoms. The van der Waals surface area contributed by atoms with Gasteiger partial charge in [-0.1, -0.05) is 12.1 Å². The van der Waals surface area contributed by atoms with Gasteiger partial charge in [-0.25, -0.2) is 0 Å². The van der Waals surface area contributed by atoms with Crippen molar-refractivity contribution in [2.75, 3.05) is 31.6 Å². The van der Waals surface area contributed by atoms with Gasteiger partial charge in [0.25, 0.3) is 0 Å². The van der Waals surface area contributed by atoms with Crippen LogP contribution in [0.2, 0.25) is 0 Å². The van der Waals surface area contributed by atoms with Crippen molar-refractivity contribution in [2.45, 2.75) is 6.42 Å². The molecular formula is C11H16N2O. The van der Waals surface area contributed by atoms with Crippen LogP contribution in [0, 0.1) is 0 Å². The second-order valence-corrected chi connectivity index (χ2v) is 3.57. The van der Waals surface area contributed by atoms with Crippen molar-refractivity contribution in [2.24, 2.45) is 5.73 Å². The predicted molar refractivity (Wildman–Crippen MR) is 58.0 cm³/mol. The summed E-state index contributed by atoms with van der Waals surface area (Å²) < 4.78 is 5.60. The quantitative estimate of drug-likeness (QED) is 0.777. The van der Waals surface area contributed by atoms with Crippen LogP contribution in [0.25, 0.3) is 0 Å². The van der Waals surface area contributed by atoms with Gasteiger partial charge in [-0.15, -0.1) is 0 Å². The van der Waals surface area contributed by atoms with Crippen LogP contribution in [0.5, 0.6) is 5.75 Å². The molecule has 1 aromatic rings. The molecule has 0 atom stereocenters. The van der Waals surface area contributed by atoms with Crippen molar-refractivity contribution in [1.82, 2.24) is 0 Å². The van der Waals surface area contributed by atoms with E-state index >= 15 is 0 Å². The summed E-state index contributed by atoms with van der Waals surface area (Å²) in [4.78, 5) is 2.24. The Hall–Kier alpha value is -1.22. The number of hydrogen-bond acceptors (Lipinski definition) is 3. The Morgan fingerprint density at radius 1 is 1.50 bits per heavy atom. The van der Waals surface area contributed by atoms with Gasteiger partial charge in [-0.2, -0.15) is 0 Å². The maximum atomic E-state index is 5.60. The molecule has 0 saturated carbocycles. The minimum atomic E-state index is 0.563. The van der Waals surface area contributed by atoms with Crippen molar-refractivity contribution in [3.05, 3.63) is 23.8 Å². The molecule has 2 rings (SSSR count). The number of para-hydroxylation sites is 1. The SMILES string of the molecule is CN1CCc2cccc(OCCN)c21. The molecule has 1 aromatic carbocycles. The zero-order valence-corrected chi connectivity index (χ0v) is 8.49. The lowest BCUT2D eigenvalue weighted by Crippen LogP contribution is -2.15. The molecular weight excluding hydrogens is 176 g/mol. The first-order valence-electron chi connectivity index (χ1n) is 4.99. The molecule has 1 aliphatic heterocycles. The van der Waals surface area contributed by atoms with E-state index in [1.165, 1.54) is 11.3 Å². The monoisotopic (exact) mass is 192 g/mol. The first-order chi connectivity index (χ1) is 6.83. The second-order valence-electron chi connectivity index (χ2n) is 3.57. The Morgan fingerprint density at radius 2 is 2.36 bits per heavy atom. The molecule has 1 aliphatic rings. The summed E-state index contributed by atoms with van der Waals surface area (Å²) in [7, 11) is 2.10. The van der Waals surface area contributed by atoms with E-state index in [1.54, 1.807) is 0 Å². The van der Waals surface area contributed by atoms with Gasteiger partial charge in [0.05, 0.1) is 5.69 Å². The molecule has 0 unspecified atom stereocenters. The van der Waals surface area contributed by atoms with Gasteiger partial charge in [0, 0.05) is 20.1 Å². The van der Waals surface area contributed by atoms with E-state index in [4.69, 9.17) is 10.5 Å². The molecule has 0 aliphatic carbocycles. The number of ether oxygens (including phenoxy) is 1. The fourth-order valence-electron chi connectivity index (χ4n) is 1.89. The molecule has 0 fully saturated rings. The smallest absolute Gasteiger partial charge is 0.142 e. The van der Waals surface area contributed by atoms with Crippen LogP contribution in [0.1, 0.15) is 5.56 Å². The van der Waals surface area contributed by atoms with E-state index in [2.05, 4.69) is 18.0 Å². The van der Waals surface area contributed by atoms with Crippen molar-refractivity contribution < 1.29 is 4.74 Å². The van der Waals surface area contributed by atoms with E-state index in [-0.39, 0.29) is 0 Å². The summed E-state index contributed by atoms with van der Waals surface area (Å²) in [5.41, 5.74) is 8.03. The predicted octanol–water partition coefficient (Wildman–Crippen LogP) is 1.02. The van der Waals surface area contributed by atoms with Crippen molar-refractivity contribution >= 4 is 5.69 Å². The Kier molecular flexibility index (Phi) is 2.59. The number of likely N-dealkylation sites (N-methyl/N-ethyl adjacent to an activating group) is 1. The van der Waals surface area contributed by atoms with E-state index < -0.39 is 0 Å². The maximum absolute atomic E-state index is 5.60. The fraction of sp³-hybridized carbons (Fsp3) is 0.455. The van der Waals surface area contributed by atoms with Gasteiger partial charge in [0.15, 0.2) is 0 Å². The molecule has 0 radical (unpaired) electrons. The zero-order valence-electron chi connectivity index (χ0n) is 8.49. The highest BCUT2D eigenvalue weighted by Crippen LogP contribution is 2.35. The van der Waals surface area contributed by atoms with Crippen LogP contribution < -0.4 is 15.4 Å². The number of hydrogen-bond donors (Lipinski definition) is 1. The van der Waals surface area contributed by atoms with Crippen molar-refractivity contribution in [1.29, 1.82) is 0 Å². The fourth-order valence-corrected chi connectivity index (χ4v) is 1.89. The lowest BCUT2D eigenvalue weighted by molar-refractivity contribution is 0.329. The van der Waals surface area contributed by atoms with Crippen LogP contribution in [0.15, 0.2) is 18.2 Å². The highest BCUT2D eigenvalue weighted by atomic mass is 16.5. The maximum Gasteiger partial charge on any atom is 0.142 e. The first kappa shape index (κ1) is 9.34. The lowest BCUT2D eigenvalue weighted by Gasteiger charge is -2.16. The number of nitrogens with zero attached hydrogens (tertiary/aromatic N) is 1. The van der Waals surface area contributed by atoms with Crippen LogP contribution in [0.3, 0.4) is 0 Å². The summed E-state index contributed by atoms with van der Waals surface area (Å²) in [6.45, 7) is 2.23. The molecule has 0 spiro atoms. The number of anilines is 1. The zero-order chi connectivity index (χ0) is 9.97. The molecule has 0 aromatic heterocycles. The van der Waals surface area contributed by atoms with Crippen LogP contribution in [0.4, 0.5) is 5.69 Å². The van der Waals surface area contributed by atoms with Crippen molar-refractivity contribution in [3.8, 4) is 5.75 Å². The van der Waals surface area contributed by atoms with Crippen LogP contribution in [-0.2, 0) is 6.42 Å². The molecule has 3 nitrogen and oxygen atoms in total. The highest BCUT2D eigenvalue weighted by molar-refractivity contribution is 5.66. The summed E-state index contributed by atoms with van der Waals surface area (Å²) >= 11 is 0. The number of rotatable bonds is 3. The normalized spacial score (nSPS) is 14.3. The van der Waals surface area contributed by atoms with Crippen LogP contribution >= 0.6 is 0 Å². The third-order valence-electron chi connectivity index (χ3n) is 2.56. The molecule has 3 heteroatoms. The van der Waals surface area contributed by atoms with Crippen molar-refractivity contribution in [3.63, 3.8) is 0 Å². The molecule has 0 saturated heterocycles. The summed E-state index contributed by atoms with van der Waals surface area (Å²) in [5, 5.41) is 0. The Balaban J connectivity index is 2.27. The molecule has 14 heavy (non-hydrogen) atoms. The van der Waals surface area contributed by atoms with E-state index in [9.17, 15) is 0 Å². The number of benzene rings is 1.